The monoisotopic (exact) mass is 431 g/mol. The molecule has 0 fully saturated rings. The van der Waals surface area contributed by atoms with Gasteiger partial charge in [-0.25, -0.2) is 4.98 Å². The van der Waals surface area contributed by atoms with E-state index < -0.39 is 4.92 Å². The average molecular weight is 431 g/mol. The Hall–Kier alpha value is -4.04. The number of aromatic nitrogens is 1. The maximum absolute atomic E-state index is 13.2. The molecular formula is C23H17N3O4S. The Kier molecular flexibility index (Phi) is 5.72. The van der Waals surface area contributed by atoms with Gasteiger partial charge in [0, 0.05) is 24.3 Å². The second kappa shape index (κ2) is 8.76. The summed E-state index contributed by atoms with van der Waals surface area (Å²) in [5.41, 5.74) is 2.10. The first-order valence-electron chi connectivity index (χ1n) is 9.31. The van der Waals surface area contributed by atoms with Crippen LogP contribution in [0.25, 0.3) is 16.3 Å². The van der Waals surface area contributed by atoms with Crippen molar-refractivity contribution in [1.29, 1.82) is 0 Å². The third-order valence-electron chi connectivity index (χ3n) is 4.53. The van der Waals surface area contributed by atoms with E-state index in [1.807, 2.05) is 36.4 Å². The zero-order valence-corrected chi connectivity index (χ0v) is 17.3. The van der Waals surface area contributed by atoms with Gasteiger partial charge in [-0.2, -0.15) is 0 Å². The summed E-state index contributed by atoms with van der Waals surface area (Å²) in [4.78, 5) is 29.7. The van der Waals surface area contributed by atoms with Gasteiger partial charge < -0.3 is 4.74 Å². The fourth-order valence-electron chi connectivity index (χ4n) is 2.99. The van der Waals surface area contributed by atoms with Crippen LogP contribution in [0.15, 0.2) is 78.9 Å². The molecule has 0 spiro atoms. The number of amides is 1. The molecular weight excluding hydrogens is 414 g/mol. The van der Waals surface area contributed by atoms with Crippen LogP contribution in [0.5, 0.6) is 5.75 Å². The van der Waals surface area contributed by atoms with Gasteiger partial charge in [0.15, 0.2) is 5.13 Å². The minimum Gasteiger partial charge on any atom is -0.497 e. The predicted octanol–water partition coefficient (Wildman–Crippen LogP) is 5.59. The van der Waals surface area contributed by atoms with Gasteiger partial charge >= 0.3 is 0 Å². The number of carbonyl (C=O) groups is 1. The van der Waals surface area contributed by atoms with Gasteiger partial charge in [0.2, 0.25) is 0 Å². The highest BCUT2D eigenvalue weighted by Crippen LogP contribution is 2.35. The number of ether oxygens (including phenoxy) is 1. The van der Waals surface area contributed by atoms with Crippen LogP contribution in [0.2, 0.25) is 0 Å². The number of nitro benzene ring substituents is 1. The van der Waals surface area contributed by atoms with Crippen molar-refractivity contribution in [2.24, 2.45) is 0 Å². The molecule has 31 heavy (non-hydrogen) atoms. The predicted molar refractivity (Wildman–Crippen MR) is 122 cm³/mol. The highest BCUT2D eigenvalue weighted by atomic mass is 32.1. The molecule has 0 N–H and O–H groups in total. The van der Waals surface area contributed by atoms with Crippen molar-refractivity contribution < 1.29 is 14.5 Å². The summed E-state index contributed by atoms with van der Waals surface area (Å²) in [6, 6.07) is 20.9. The summed E-state index contributed by atoms with van der Waals surface area (Å²) in [5.74, 6) is 0.321. The van der Waals surface area contributed by atoms with E-state index >= 15 is 0 Å². The van der Waals surface area contributed by atoms with Gasteiger partial charge in [-0.1, -0.05) is 29.5 Å². The maximum Gasteiger partial charge on any atom is 0.269 e. The van der Waals surface area contributed by atoms with Crippen LogP contribution in [0.3, 0.4) is 0 Å². The summed E-state index contributed by atoms with van der Waals surface area (Å²) in [5, 5.41) is 11.4. The number of hydrogen-bond acceptors (Lipinski definition) is 6. The number of non-ortho nitro benzene ring substituents is 1. The molecule has 4 aromatic rings. The number of hydrogen-bond donors (Lipinski definition) is 0. The average Bonchev–Trinajstić information content (AvgIpc) is 3.21. The smallest absolute Gasteiger partial charge is 0.269 e. The fourth-order valence-corrected chi connectivity index (χ4v) is 3.98. The molecule has 3 aromatic carbocycles. The number of rotatable bonds is 6. The molecule has 1 amide bonds. The molecule has 0 radical (unpaired) electrons. The third-order valence-corrected chi connectivity index (χ3v) is 5.55. The van der Waals surface area contributed by atoms with Gasteiger partial charge in [-0.15, -0.1) is 0 Å². The Morgan fingerprint density at radius 3 is 2.58 bits per heavy atom. The number of carbonyl (C=O) groups excluding carboxylic acids is 1. The molecule has 0 unspecified atom stereocenters. The van der Waals surface area contributed by atoms with Crippen LogP contribution in [0, 0.1) is 10.1 Å². The van der Waals surface area contributed by atoms with E-state index in [0.29, 0.717) is 22.1 Å². The van der Waals surface area contributed by atoms with Crippen molar-refractivity contribution in [3.05, 3.63) is 94.6 Å². The first-order chi connectivity index (χ1) is 15.0. The number of anilines is 2. The number of benzene rings is 3. The molecule has 0 aliphatic rings. The molecule has 8 heteroatoms. The summed E-state index contributed by atoms with van der Waals surface area (Å²) in [6.07, 6.45) is 3.04. The summed E-state index contributed by atoms with van der Waals surface area (Å²) >= 11 is 1.41. The van der Waals surface area contributed by atoms with Crippen molar-refractivity contribution in [2.75, 3.05) is 12.0 Å². The number of para-hydroxylation sites is 1. The Morgan fingerprint density at radius 2 is 1.87 bits per heavy atom. The second-order valence-corrected chi connectivity index (χ2v) is 7.53. The molecule has 154 valence electrons. The number of nitro groups is 1. The van der Waals surface area contributed by atoms with Crippen LogP contribution in [-0.2, 0) is 4.79 Å². The Labute approximate surface area is 182 Å². The lowest BCUT2D eigenvalue weighted by molar-refractivity contribution is -0.384. The van der Waals surface area contributed by atoms with Crippen molar-refractivity contribution in [1.82, 2.24) is 4.98 Å². The third kappa shape index (κ3) is 4.44. The van der Waals surface area contributed by atoms with Crippen molar-refractivity contribution in [2.45, 2.75) is 0 Å². The van der Waals surface area contributed by atoms with E-state index in [0.717, 1.165) is 10.2 Å². The summed E-state index contributed by atoms with van der Waals surface area (Å²) in [7, 11) is 1.57. The van der Waals surface area contributed by atoms with E-state index in [4.69, 9.17) is 4.74 Å². The van der Waals surface area contributed by atoms with Crippen molar-refractivity contribution in [3.8, 4) is 5.75 Å². The van der Waals surface area contributed by atoms with Crippen LogP contribution in [0.4, 0.5) is 16.5 Å². The Balaban J connectivity index is 1.70. The molecule has 1 aromatic heterocycles. The maximum atomic E-state index is 13.2. The molecule has 0 bridgehead atoms. The highest BCUT2D eigenvalue weighted by Gasteiger charge is 2.20. The summed E-state index contributed by atoms with van der Waals surface area (Å²) < 4.78 is 6.28. The van der Waals surface area contributed by atoms with E-state index in [1.54, 1.807) is 37.5 Å². The minimum atomic E-state index is -0.462. The zero-order valence-electron chi connectivity index (χ0n) is 16.5. The molecule has 0 aliphatic carbocycles. The lowest BCUT2D eigenvalue weighted by Gasteiger charge is -2.19. The Bertz CT molecular complexity index is 1250. The quantitative estimate of drug-likeness (QED) is 0.226. The molecule has 7 nitrogen and oxygen atoms in total. The largest absolute Gasteiger partial charge is 0.497 e. The van der Waals surface area contributed by atoms with E-state index in [9.17, 15) is 14.9 Å². The number of methoxy groups -OCH3 is 1. The number of nitrogens with zero attached hydrogens (tertiary/aromatic N) is 3. The van der Waals surface area contributed by atoms with Crippen molar-refractivity contribution in [3.63, 3.8) is 0 Å². The minimum absolute atomic E-state index is 0.00374. The lowest BCUT2D eigenvalue weighted by Crippen LogP contribution is -2.23. The van der Waals surface area contributed by atoms with Crippen LogP contribution in [0.1, 0.15) is 5.56 Å². The molecule has 4 rings (SSSR count). The molecule has 0 atom stereocenters. The Morgan fingerprint density at radius 1 is 1.10 bits per heavy atom. The van der Waals surface area contributed by atoms with Gasteiger partial charge in [-0.3, -0.25) is 19.8 Å². The first kappa shape index (κ1) is 20.2. The van der Waals surface area contributed by atoms with Crippen LogP contribution in [-0.4, -0.2) is 22.9 Å². The standard InChI is InChI=1S/C23H17N3O4S/c1-30-19-6-4-5-18(15-19)25(23-24-20-7-2-3-8-21(20)31-23)22(27)14-11-16-9-12-17(13-10-16)26(28)29/h2-15H,1H3/b14-11+. The van der Waals surface area contributed by atoms with Crippen molar-refractivity contribution >= 4 is 50.0 Å². The van der Waals surface area contributed by atoms with Gasteiger partial charge in [0.1, 0.15) is 5.75 Å². The second-order valence-electron chi connectivity index (χ2n) is 6.52. The summed E-state index contributed by atoms with van der Waals surface area (Å²) in [6.45, 7) is 0. The number of thiazole rings is 1. The van der Waals surface area contributed by atoms with Crippen LogP contribution >= 0.6 is 11.3 Å². The van der Waals surface area contributed by atoms with E-state index in [-0.39, 0.29) is 11.6 Å². The molecule has 1 heterocycles. The fraction of sp³-hybridized carbons (Fsp3) is 0.0435. The normalized spacial score (nSPS) is 11.0. The van der Waals surface area contributed by atoms with E-state index in [2.05, 4.69) is 4.98 Å². The van der Waals surface area contributed by atoms with Gasteiger partial charge in [-0.05, 0) is 48.0 Å². The zero-order chi connectivity index (χ0) is 21.8. The van der Waals surface area contributed by atoms with E-state index in [1.165, 1.54) is 34.4 Å². The topological polar surface area (TPSA) is 85.6 Å². The van der Waals surface area contributed by atoms with Gasteiger partial charge in [0.05, 0.1) is 27.9 Å². The first-order valence-corrected chi connectivity index (χ1v) is 10.1. The molecule has 0 saturated heterocycles. The number of fused-ring (bicyclic) bond motifs is 1. The SMILES string of the molecule is COc1cccc(N(C(=O)/C=C/c2ccc([N+](=O)[O-])cc2)c2nc3ccccc3s2)c1. The van der Waals surface area contributed by atoms with Gasteiger partial charge in [0.25, 0.3) is 11.6 Å². The highest BCUT2D eigenvalue weighted by molar-refractivity contribution is 7.22. The lowest BCUT2D eigenvalue weighted by atomic mass is 10.2. The van der Waals surface area contributed by atoms with Crippen LogP contribution < -0.4 is 9.64 Å². The molecule has 0 aliphatic heterocycles. The molecule has 0 saturated carbocycles.